The number of sulfonamides is 1. The van der Waals surface area contributed by atoms with Crippen LogP contribution >= 0.6 is 0 Å². The Kier molecular flexibility index (Phi) is 7.04. The third kappa shape index (κ3) is 5.15. The zero-order chi connectivity index (χ0) is 24.3. The van der Waals surface area contributed by atoms with Crippen LogP contribution in [0.1, 0.15) is 35.3 Å². The van der Waals surface area contributed by atoms with E-state index in [9.17, 15) is 21.6 Å². The summed E-state index contributed by atoms with van der Waals surface area (Å²) in [5, 5.41) is 0. The minimum Gasteiger partial charge on any atom is -0.484 e. The number of rotatable bonds is 7. The van der Waals surface area contributed by atoms with Crippen LogP contribution in [0.25, 0.3) is 0 Å². The summed E-state index contributed by atoms with van der Waals surface area (Å²) in [4.78, 5) is 3.96. The first kappa shape index (κ1) is 24.0. The van der Waals surface area contributed by atoms with Crippen LogP contribution in [-0.4, -0.2) is 38.3 Å². The Morgan fingerprint density at radius 2 is 1.62 bits per heavy atom. The fraction of sp³-hybridized carbons (Fsp3) is 0.240. The summed E-state index contributed by atoms with van der Waals surface area (Å²) >= 11 is 0. The van der Waals surface area contributed by atoms with E-state index in [1.165, 1.54) is 34.6 Å². The largest absolute Gasteiger partial charge is 0.484 e. The molecule has 0 spiro atoms. The molecule has 3 aromatic rings. The molecule has 0 N–H and O–H groups in total. The number of halogens is 3. The van der Waals surface area contributed by atoms with Crippen molar-refractivity contribution in [2.24, 2.45) is 4.99 Å². The average molecular weight is 489 g/mol. The number of hydrogen-bond acceptors (Lipinski definition) is 4. The highest BCUT2D eigenvalue weighted by Gasteiger charge is 2.41. The van der Waals surface area contributed by atoms with Gasteiger partial charge >= 0.3 is 0 Å². The normalized spacial score (nSPS) is 17.6. The first-order chi connectivity index (χ1) is 16.3. The number of benzene rings is 3. The van der Waals surface area contributed by atoms with Crippen molar-refractivity contribution in [1.82, 2.24) is 4.31 Å². The van der Waals surface area contributed by atoms with Crippen molar-refractivity contribution < 1.29 is 26.3 Å². The van der Waals surface area contributed by atoms with Crippen LogP contribution in [0, 0.1) is 17.5 Å². The van der Waals surface area contributed by atoms with Gasteiger partial charge in [0.25, 0.3) is 0 Å². The van der Waals surface area contributed by atoms with E-state index in [1.807, 2.05) is 0 Å². The van der Waals surface area contributed by atoms with E-state index in [0.717, 1.165) is 17.7 Å². The molecule has 1 aliphatic heterocycles. The van der Waals surface area contributed by atoms with Crippen LogP contribution in [-0.2, 0) is 10.0 Å². The number of nitrogens with zero attached hydrogens (tertiary/aromatic N) is 2. The molecule has 1 fully saturated rings. The third-order valence-electron chi connectivity index (χ3n) is 5.64. The second-order valence-electron chi connectivity index (χ2n) is 7.95. The molecule has 0 saturated carbocycles. The molecule has 0 aromatic heterocycles. The Labute approximate surface area is 196 Å². The van der Waals surface area contributed by atoms with Gasteiger partial charge in [0.1, 0.15) is 17.7 Å². The quantitative estimate of drug-likeness (QED) is 0.438. The molecule has 5 nitrogen and oxygen atoms in total. The van der Waals surface area contributed by atoms with Gasteiger partial charge in [-0.15, -0.1) is 0 Å². The van der Waals surface area contributed by atoms with Gasteiger partial charge in [-0.3, -0.25) is 4.99 Å². The maximum absolute atomic E-state index is 14.2. The van der Waals surface area contributed by atoms with Gasteiger partial charge in [0.15, 0.2) is 11.6 Å². The second kappa shape index (κ2) is 9.99. The highest BCUT2D eigenvalue weighted by atomic mass is 32.2. The molecular formula is C25H23F3N2O3S. The van der Waals surface area contributed by atoms with E-state index < -0.39 is 39.6 Å². The van der Waals surface area contributed by atoms with Gasteiger partial charge in [-0.2, -0.15) is 4.31 Å². The summed E-state index contributed by atoms with van der Waals surface area (Å²) < 4.78 is 75.0. The summed E-state index contributed by atoms with van der Waals surface area (Å²) in [5.41, 5.74) is 1.54. The molecule has 1 heterocycles. The maximum Gasteiger partial charge on any atom is 0.214 e. The molecule has 0 aliphatic carbocycles. The summed E-state index contributed by atoms with van der Waals surface area (Å²) in [6, 6.07) is 14.7. The Hall–Kier alpha value is -3.17. The second-order valence-corrected chi connectivity index (χ2v) is 9.99. The smallest absolute Gasteiger partial charge is 0.214 e. The van der Waals surface area contributed by atoms with Crippen molar-refractivity contribution in [2.45, 2.75) is 18.6 Å². The topological polar surface area (TPSA) is 59.0 Å². The molecule has 9 heteroatoms. The van der Waals surface area contributed by atoms with Crippen LogP contribution < -0.4 is 4.74 Å². The first-order valence-electron chi connectivity index (χ1n) is 10.7. The van der Waals surface area contributed by atoms with Crippen molar-refractivity contribution in [2.75, 3.05) is 19.3 Å². The molecule has 1 saturated heterocycles. The molecule has 0 bridgehead atoms. The highest BCUT2D eigenvalue weighted by molar-refractivity contribution is 7.89. The van der Waals surface area contributed by atoms with Gasteiger partial charge in [-0.25, -0.2) is 21.6 Å². The lowest BCUT2D eigenvalue weighted by atomic mass is 9.95. The van der Waals surface area contributed by atoms with E-state index in [4.69, 9.17) is 4.74 Å². The molecule has 2 atom stereocenters. The van der Waals surface area contributed by atoms with Gasteiger partial charge < -0.3 is 4.74 Å². The van der Waals surface area contributed by atoms with E-state index in [1.54, 1.807) is 37.5 Å². The predicted molar refractivity (Wildman–Crippen MR) is 124 cm³/mol. The molecular weight excluding hydrogens is 465 g/mol. The molecule has 34 heavy (non-hydrogen) atoms. The van der Waals surface area contributed by atoms with Gasteiger partial charge in [-0.05, 0) is 71.6 Å². The predicted octanol–water partition coefficient (Wildman–Crippen LogP) is 5.05. The zero-order valence-electron chi connectivity index (χ0n) is 18.4. The van der Waals surface area contributed by atoms with Crippen molar-refractivity contribution in [1.29, 1.82) is 0 Å². The Morgan fingerprint density at radius 1 is 0.941 bits per heavy atom. The van der Waals surface area contributed by atoms with Crippen molar-refractivity contribution in [3.63, 3.8) is 0 Å². The van der Waals surface area contributed by atoms with E-state index >= 15 is 0 Å². The minimum atomic E-state index is -3.65. The zero-order valence-corrected chi connectivity index (χ0v) is 19.2. The van der Waals surface area contributed by atoms with Crippen LogP contribution in [0.15, 0.2) is 71.7 Å². The van der Waals surface area contributed by atoms with E-state index in [-0.39, 0.29) is 17.9 Å². The molecule has 0 unspecified atom stereocenters. The number of hydrogen-bond donors (Lipinski definition) is 0. The summed E-state index contributed by atoms with van der Waals surface area (Å²) in [6.45, 7) is 0.222. The molecule has 178 valence electrons. The summed E-state index contributed by atoms with van der Waals surface area (Å²) in [7, 11) is -2.00. The Balaban J connectivity index is 1.84. The number of ether oxygens (including phenoxy) is 1. The van der Waals surface area contributed by atoms with Gasteiger partial charge in [0, 0.05) is 19.8 Å². The molecule has 4 rings (SSSR count). The van der Waals surface area contributed by atoms with Crippen molar-refractivity contribution >= 4 is 16.2 Å². The van der Waals surface area contributed by atoms with Crippen LogP contribution in [0.2, 0.25) is 0 Å². The minimum absolute atomic E-state index is 0.0414. The molecule has 3 aromatic carbocycles. The monoisotopic (exact) mass is 488 g/mol. The SMILES string of the molecule is CN=Cc1ccc(O[C@@H](c2ccc(F)c(F)c2)[C@@H](c2ccc(F)cc2)N2CCCS2(=O)=O)cc1. The Morgan fingerprint density at radius 3 is 2.21 bits per heavy atom. The van der Waals surface area contributed by atoms with Crippen LogP contribution in [0.3, 0.4) is 0 Å². The van der Waals surface area contributed by atoms with E-state index in [0.29, 0.717) is 17.7 Å². The fourth-order valence-corrected chi connectivity index (χ4v) is 5.77. The van der Waals surface area contributed by atoms with Gasteiger partial charge in [-0.1, -0.05) is 18.2 Å². The lowest BCUT2D eigenvalue weighted by Crippen LogP contribution is -2.36. The number of aliphatic imine (C=N–C) groups is 1. The third-order valence-corrected chi connectivity index (χ3v) is 7.57. The highest BCUT2D eigenvalue weighted by Crippen LogP contribution is 2.41. The van der Waals surface area contributed by atoms with Crippen LogP contribution in [0.4, 0.5) is 13.2 Å². The fourth-order valence-electron chi connectivity index (χ4n) is 4.06. The van der Waals surface area contributed by atoms with E-state index in [2.05, 4.69) is 4.99 Å². The van der Waals surface area contributed by atoms with Crippen LogP contribution in [0.5, 0.6) is 5.75 Å². The molecule has 0 amide bonds. The van der Waals surface area contributed by atoms with Crippen molar-refractivity contribution in [3.8, 4) is 5.75 Å². The first-order valence-corrected chi connectivity index (χ1v) is 12.3. The summed E-state index contributed by atoms with van der Waals surface area (Å²) in [6.07, 6.45) is 1.03. The molecule has 0 radical (unpaired) electrons. The van der Waals surface area contributed by atoms with Gasteiger partial charge in [0.05, 0.1) is 11.8 Å². The summed E-state index contributed by atoms with van der Waals surface area (Å²) in [5.74, 6) is -2.24. The Bertz CT molecular complexity index is 1280. The molecule has 1 aliphatic rings. The maximum atomic E-state index is 14.2. The lowest BCUT2D eigenvalue weighted by Gasteiger charge is -2.34. The average Bonchev–Trinajstić information content (AvgIpc) is 3.16. The lowest BCUT2D eigenvalue weighted by molar-refractivity contribution is 0.115. The van der Waals surface area contributed by atoms with Crippen molar-refractivity contribution in [3.05, 3.63) is 101 Å². The van der Waals surface area contributed by atoms with Gasteiger partial charge in [0.2, 0.25) is 10.0 Å². The standard InChI is InChI=1S/C25H23F3N2O3S/c1-29-16-17-3-10-21(11-4-17)33-25(19-7-12-22(27)23(28)15-19)24(18-5-8-20(26)9-6-18)30-13-2-14-34(30,31)32/h3-12,15-16,24-25H,2,13-14H2,1H3/t24-,25+/m1/s1.